The number of rotatable bonds is 2. The molecule has 94 valence electrons. The molecular formula is C10H16ClN5O. The molecule has 0 aliphatic carbocycles. The molecule has 0 spiro atoms. The molecule has 0 unspecified atom stereocenters. The first kappa shape index (κ1) is 13.5. The number of piperazine rings is 1. The van der Waals surface area contributed by atoms with Gasteiger partial charge in [0.15, 0.2) is 0 Å². The van der Waals surface area contributed by atoms with Crippen molar-refractivity contribution in [1.29, 1.82) is 0 Å². The summed E-state index contributed by atoms with van der Waals surface area (Å²) in [5.74, 6) is 0.973. The molecule has 7 heteroatoms. The second-order valence-electron chi connectivity index (χ2n) is 3.64. The van der Waals surface area contributed by atoms with Crippen LogP contribution in [-0.4, -0.2) is 42.2 Å². The number of amides is 2. The van der Waals surface area contributed by atoms with Gasteiger partial charge < -0.3 is 10.6 Å². The van der Waals surface area contributed by atoms with Crippen LogP contribution in [0.5, 0.6) is 0 Å². The maximum Gasteiger partial charge on any atom is 0.326 e. The molecule has 1 aromatic rings. The normalized spacial score (nSPS) is 16.1. The lowest BCUT2D eigenvalue weighted by atomic mass is 10.3. The van der Waals surface area contributed by atoms with Crippen LogP contribution in [0, 0.1) is 0 Å². The van der Waals surface area contributed by atoms with Crippen LogP contribution in [0.4, 0.5) is 10.6 Å². The Hall–Kier alpha value is -1.53. The standard InChI is InChI=1S/C10H15N5O.ClH/c11-10(16)13-15-7-5-14(6-8-15)9-3-1-2-4-12-9;/h1-4H,5-8H2,(H3,11,13,16);1H. The molecule has 3 N–H and O–H groups in total. The molecule has 1 aliphatic heterocycles. The van der Waals surface area contributed by atoms with Crippen LogP contribution in [0.15, 0.2) is 24.4 Å². The van der Waals surface area contributed by atoms with Crippen molar-refractivity contribution in [3.8, 4) is 0 Å². The van der Waals surface area contributed by atoms with Crippen LogP contribution in [0.1, 0.15) is 0 Å². The SMILES string of the molecule is Cl.NC(=O)NN1CCN(c2ccccn2)CC1. The lowest BCUT2D eigenvalue weighted by Gasteiger charge is -2.34. The van der Waals surface area contributed by atoms with Crippen molar-refractivity contribution in [1.82, 2.24) is 15.4 Å². The summed E-state index contributed by atoms with van der Waals surface area (Å²) in [6, 6.07) is 5.34. The Morgan fingerprint density at radius 2 is 2.00 bits per heavy atom. The van der Waals surface area contributed by atoms with Crippen molar-refractivity contribution in [2.45, 2.75) is 0 Å². The third-order valence-corrected chi connectivity index (χ3v) is 2.52. The van der Waals surface area contributed by atoms with E-state index in [1.165, 1.54) is 0 Å². The van der Waals surface area contributed by atoms with E-state index in [0.29, 0.717) is 0 Å². The van der Waals surface area contributed by atoms with E-state index in [1.54, 1.807) is 6.20 Å². The van der Waals surface area contributed by atoms with E-state index in [2.05, 4.69) is 15.3 Å². The van der Waals surface area contributed by atoms with Gasteiger partial charge in [0.05, 0.1) is 0 Å². The molecule has 6 nitrogen and oxygen atoms in total. The summed E-state index contributed by atoms with van der Waals surface area (Å²) < 4.78 is 0. The number of hydrogen-bond acceptors (Lipinski definition) is 4. The van der Waals surface area contributed by atoms with Crippen molar-refractivity contribution in [3.63, 3.8) is 0 Å². The first-order chi connectivity index (χ1) is 7.75. The molecule has 2 heterocycles. The van der Waals surface area contributed by atoms with Crippen LogP contribution >= 0.6 is 12.4 Å². The third-order valence-electron chi connectivity index (χ3n) is 2.52. The highest BCUT2D eigenvalue weighted by Crippen LogP contribution is 2.11. The van der Waals surface area contributed by atoms with Gasteiger partial charge in [-0.05, 0) is 12.1 Å². The minimum Gasteiger partial charge on any atom is -0.354 e. The topological polar surface area (TPSA) is 74.5 Å². The lowest BCUT2D eigenvalue weighted by Crippen LogP contribution is -2.55. The summed E-state index contributed by atoms with van der Waals surface area (Å²) in [5.41, 5.74) is 7.63. The second-order valence-corrected chi connectivity index (χ2v) is 3.64. The molecule has 1 aromatic heterocycles. The monoisotopic (exact) mass is 257 g/mol. The molecule has 1 aliphatic rings. The highest BCUT2D eigenvalue weighted by molar-refractivity contribution is 5.85. The Morgan fingerprint density at radius 1 is 1.29 bits per heavy atom. The van der Waals surface area contributed by atoms with Crippen LogP contribution < -0.4 is 16.1 Å². The summed E-state index contributed by atoms with van der Waals surface area (Å²) >= 11 is 0. The minimum absolute atomic E-state index is 0. The Morgan fingerprint density at radius 3 is 2.53 bits per heavy atom. The van der Waals surface area contributed by atoms with Gasteiger partial charge in [-0.3, -0.25) is 5.43 Å². The predicted molar refractivity (Wildman–Crippen MR) is 68.0 cm³/mol. The average molecular weight is 258 g/mol. The van der Waals surface area contributed by atoms with E-state index in [4.69, 9.17) is 5.73 Å². The number of nitrogens with zero attached hydrogens (tertiary/aromatic N) is 3. The minimum atomic E-state index is -0.508. The van der Waals surface area contributed by atoms with Gasteiger partial charge in [0.2, 0.25) is 0 Å². The second kappa shape index (κ2) is 6.27. The zero-order valence-corrected chi connectivity index (χ0v) is 10.2. The van der Waals surface area contributed by atoms with E-state index < -0.39 is 6.03 Å². The Balaban J connectivity index is 0.00000144. The van der Waals surface area contributed by atoms with Gasteiger partial charge in [0, 0.05) is 32.4 Å². The molecule has 2 amide bonds. The van der Waals surface area contributed by atoms with E-state index in [0.717, 1.165) is 32.0 Å². The van der Waals surface area contributed by atoms with Gasteiger partial charge >= 0.3 is 6.03 Å². The fourth-order valence-corrected chi connectivity index (χ4v) is 1.74. The van der Waals surface area contributed by atoms with Crippen molar-refractivity contribution < 1.29 is 4.79 Å². The van der Waals surface area contributed by atoms with Gasteiger partial charge in [-0.25, -0.2) is 14.8 Å². The molecule has 0 radical (unpaired) electrons. The Labute approximate surface area is 106 Å². The quantitative estimate of drug-likeness (QED) is 0.794. The van der Waals surface area contributed by atoms with E-state index in [9.17, 15) is 4.79 Å². The number of nitrogens with one attached hydrogen (secondary N) is 1. The van der Waals surface area contributed by atoms with Crippen molar-refractivity contribution >= 4 is 24.3 Å². The van der Waals surface area contributed by atoms with Crippen molar-refractivity contribution in [2.75, 3.05) is 31.1 Å². The summed E-state index contributed by atoms with van der Waals surface area (Å²) in [5, 5.41) is 1.82. The van der Waals surface area contributed by atoms with E-state index >= 15 is 0 Å². The molecular weight excluding hydrogens is 242 g/mol. The van der Waals surface area contributed by atoms with Crippen LogP contribution in [0.25, 0.3) is 0 Å². The first-order valence-corrected chi connectivity index (χ1v) is 5.23. The number of carbonyl (C=O) groups excluding carboxylic acids is 1. The summed E-state index contributed by atoms with van der Waals surface area (Å²) in [7, 11) is 0. The van der Waals surface area contributed by atoms with Gasteiger partial charge in [0.25, 0.3) is 0 Å². The van der Waals surface area contributed by atoms with Crippen LogP contribution in [0.2, 0.25) is 0 Å². The molecule has 1 saturated heterocycles. The van der Waals surface area contributed by atoms with E-state index in [1.807, 2.05) is 23.2 Å². The fraction of sp³-hybridized carbons (Fsp3) is 0.400. The number of anilines is 1. The highest BCUT2D eigenvalue weighted by Gasteiger charge is 2.18. The number of hydrogen-bond donors (Lipinski definition) is 2. The molecule has 0 atom stereocenters. The largest absolute Gasteiger partial charge is 0.354 e. The molecule has 0 saturated carbocycles. The number of urea groups is 1. The number of primary amides is 1. The number of aromatic nitrogens is 1. The van der Waals surface area contributed by atoms with Gasteiger partial charge in [-0.15, -0.1) is 12.4 Å². The third kappa shape index (κ3) is 3.76. The molecule has 17 heavy (non-hydrogen) atoms. The van der Waals surface area contributed by atoms with Gasteiger partial charge in [-0.1, -0.05) is 6.07 Å². The maximum absolute atomic E-state index is 10.7. The van der Waals surface area contributed by atoms with Gasteiger partial charge in [0.1, 0.15) is 5.82 Å². The number of nitrogens with two attached hydrogens (primary N) is 1. The van der Waals surface area contributed by atoms with Crippen molar-refractivity contribution in [3.05, 3.63) is 24.4 Å². The van der Waals surface area contributed by atoms with Crippen LogP contribution in [0.3, 0.4) is 0 Å². The number of carbonyl (C=O) groups is 1. The highest BCUT2D eigenvalue weighted by atomic mass is 35.5. The average Bonchev–Trinajstić information content (AvgIpc) is 2.30. The first-order valence-electron chi connectivity index (χ1n) is 5.23. The number of halogens is 1. The lowest BCUT2D eigenvalue weighted by molar-refractivity contribution is 0.175. The van der Waals surface area contributed by atoms with E-state index in [-0.39, 0.29) is 12.4 Å². The maximum atomic E-state index is 10.7. The smallest absolute Gasteiger partial charge is 0.326 e. The summed E-state index contributed by atoms with van der Waals surface area (Å²) in [6.07, 6.45) is 1.78. The fourth-order valence-electron chi connectivity index (χ4n) is 1.74. The summed E-state index contributed by atoms with van der Waals surface area (Å²) in [4.78, 5) is 17.1. The van der Waals surface area contributed by atoms with Crippen LogP contribution in [-0.2, 0) is 0 Å². The predicted octanol–water partition coefficient (Wildman–Crippen LogP) is 0.209. The molecule has 0 bridgehead atoms. The summed E-state index contributed by atoms with van der Waals surface area (Å²) in [6.45, 7) is 3.16. The van der Waals surface area contributed by atoms with Gasteiger partial charge in [-0.2, -0.15) is 0 Å². The number of hydrazine groups is 1. The molecule has 0 aromatic carbocycles. The zero-order valence-electron chi connectivity index (χ0n) is 9.37. The Kier molecular flexibility index (Phi) is 4.99. The zero-order chi connectivity index (χ0) is 11.4. The Bertz CT molecular complexity index is 353. The van der Waals surface area contributed by atoms with Crippen molar-refractivity contribution in [2.24, 2.45) is 5.73 Å². The number of pyridine rings is 1. The molecule has 1 fully saturated rings. The molecule has 2 rings (SSSR count).